The first-order chi connectivity index (χ1) is 15.4. The van der Waals surface area contributed by atoms with Crippen LogP contribution in [0.4, 0.5) is 15.8 Å². The highest BCUT2D eigenvalue weighted by atomic mass is 32.1. The molecule has 2 amide bonds. The number of nitrogens with one attached hydrogen (secondary N) is 1. The molecule has 1 N–H and O–H groups in total. The summed E-state index contributed by atoms with van der Waals surface area (Å²) < 4.78 is 13.8. The Kier molecular flexibility index (Phi) is 6.45. The van der Waals surface area contributed by atoms with Crippen molar-refractivity contribution in [3.63, 3.8) is 0 Å². The smallest absolute Gasteiger partial charge is 0.286 e. The lowest BCUT2D eigenvalue weighted by atomic mass is 9.97. The second kappa shape index (κ2) is 9.44. The number of hydrogen-bond donors (Lipinski definition) is 1. The van der Waals surface area contributed by atoms with Crippen LogP contribution in [0.25, 0.3) is 0 Å². The van der Waals surface area contributed by atoms with Crippen LogP contribution in [0.1, 0.15) is 43.9 Å². The number of aromatic nitrogens is 2. The molecule has 1 aromatic heterocycles. The van der Waals surface area contributed by atoms with Crippen molar-refractivity contribution in [2.24, 2.45) is 0 Å². The highest BCUT2D eigenvalue weighted by Gasteiger charge is 2.28. The summed E-state index contributed by atoms with van der Waals surface area (Å²) in [4.78, 5) is 29.2. The zero-order valence-corrected chi connectivity index (χ0v) is 18.7. The van der Waals surface area contributed by atoms with Gasteiger partial charge in [-0.15, -0.1) is 10.2 Å². The SMILES string of the molecule is CN(C)c1cccc(C(=O)N2CCC(c3nnc(C(=O)Nc4ccccc4F)s3)CC2)c1. The van der Waals surface area contributed by atoms with Gasteiger partial charge >= 0.3 is 0 Å². The van der Waals surface area contributed by atoms with E-state index in [-0.39, 0.29) is 22.5 Å². The highest BCUT2D eigenvalue weighted by molar-refractivity contribution is 7.13. The molecule has 1 saturated heterocycles. The molecule has 2 aromatic carbocycles. The molecule has 9 heteroatoms. The van der Waals surface area contributed by atoms with E-state index >= 15 is 0 Å². The third-order valence-corrected chi connectivity index (χ3v) is 6.58. The van der Waals surface area contributed by atoms with Crippen LogP contribution >= 0.6 is 11.3 Å². The van der Waals surface area contributed by atoms with Crippen LogP contribution in [0.15, 0.2) is 48.5 Å². The van der Waals surface area contributed by atoms with E-state index in [2.05, 4.69) is 15.5 Å². The third kappa shape index (κ3) is 4.77. The van der Waals surface area contributed by atoms with Gasteiger partial charge in [0, 0.05) is 44.4 Å². The number of carbonyl (C=O) groups is 2. The molecule has 0 atom stereocenters. The molecular weight excluding hydrogens is 429 g/mol. The van der Waals surface area contributed by atoms with Crippen molar-refractivity contribution in [1.82, 2.24) is 15.1 Å². The first kappa shape index (κ1) is 21.9. The van der Waals surface area contributed by atoms with Crippen LogP contribution in [-0.2, 0) is 0 Å². The van der Waals surface area contributed by atoms with Crippen LogP contribution in [0.5, 0.6) is 0 Å². The second-order valence-electron chi connectivity index (χ2n) is 7.89. The summed E-state index contributed by atoms with van der Waals surface area (Å²) >= 11 is 1.22. The van der Waals surface area contributed by atoms with Gasteiger partial charge in [-0.25, -0.2) is 4.39 Å². The molecule has 166 valence electrons. The van der Waals surface area contributed by atoms with Gasteiger partial charge in [0.1, 0.15) is 10.8 Å². The minimum Gasteiger partial charge on any atom is -0.378 e. The van der Waals surface area contributed by atoms with E-state index in [9.17, 15) is 14.0 Å². The van der Waals surface area contributed by atoms with Gasteiger partial charge in [0.15, 0.2) is 0 Å². The Morgan fingerprint density at radius 2 is 1.84 bits per heavy atom. The molecule has 1 fully saturated rings. The Morgan fingerprint density at radius 3 is 2.56 bits per heavy atom. The molecule has 0 aliphatic carbocycles. The van der Waals surface area contributed by atoms with Gasteiger partial charge in [-0.2, -0.15) is 0 Å². The molecule has 1 aliphatic rings. The van der Waals surface area contributed by atoms with Gasteiger partial charge in [-0.05, 0) is 43.2 Å². The van der Waals surface area contributed by atoms with Crippen molar-refractivity contribution in [2.75, 3.05) is 37.4 Å². The van der Waals surface area contributed by atoms with E-state index in [4.69, 9.17) is 0 Å². The van der Waals surface area contributed by atoms with Crippen molar-refractivity contribution in [3.05, 3.63) is 69.9 Å². The van der Waals surface area contributed by atoms with Gasteiger partial charge < -0.3 is 15.1 Å². The van der Waals surface area contributed by atoms with Gasteiger partial charge in [0.05, 0.1) is 5.69 Å². The highest BCUT2D eigenvalue weighted by Crippen LogP contribution is 2.31. The number of anilines is 2. The number of nitrogens with zero attached hydrogens (tertiary/aromatic N) is 4. The van der Waals surface area contributed by atoms with E-state index in [0.717, 1.165) is 23.5 Å². The predicted molar refractivity (Wildman–Crippen MR) is 123 cm³/mol. The van der Waals surface area contributed by atoms with Crippen molar-refractivity contribution >= 4 is 34.5 Å². The Balaban J connectivity index is 1.36. The maximum absolute atomic E-state index is 13.8. The van der Waals surface area contributed by atoms with E-state index in [0.29, 0.717) is 18.7 Å². The Bertz CT molecular complexity index is 1120. The fourth-order valence-corrected chi connectivity index (χ4v) is 4.57. The number of piperidine rings is 1. The molecular formula is C23H24FN5O2S. The summed E-state index contributed by atoms with van der Waals surface area (Å²) in [6.07, 6.45) is 1.51. The molecule has 0 bridgehead atoms. The lowest BCUT2D eigenvalue weighted by molar-refractivity contribution is 0.0712. The van der Waals surface area contributed by atoms with Crippen molar-refractivity contribution < 1.29 is 14.0 Å². The number of hydrogen-bond acceptors (Lipinski definition) is 6. The first-order valence-electron chi connectivity index (χ1n) is 10.4. The average molecular weight is 454 g/mol. The summed E-state index contributed by atoms with van der Waals surface area (Å²) in [5.74, 6) is -0.819. The molecule has 3 aromatic rings. The number of halogens is 1. The third-order valence-electron chi connectivity index (χ3n) is 5.50. The summed E-state index contributed by atoms with van der Waals surface area (Å²) in [5, 5.41) is 11.7. The molecule has 4 rings (SSSR count). The fourth-order valence-electron chi connectivity index (χ4n) is 3.66. The Labute approximate surface area is 189 Å². The topological polar surface area (TPSA) is 78.4 Å². The Hall–Kier alpha value is -3.33. The van der Waals surface area contributed by atoms with Crippen molar-refractivity contribution in [1.29, 1.82) is 0 Å². The minimum absolute atomic E-state index is 0.0226. The molecule has 0 unspecified atom stereocenters. The molecule has 32 heavy (non-hydrogen) atoms. The zero-order valence-electron chi connectivity index (χ0n) is 17.9. The molecule has 0 spiro atoms. The van der Waals surface area contributed by atoms with Crippen LogP contribution in [0.2, 0.25) is 0 Å². The first-order valence-corrected chi connectivity index (χ1v) is 11.2. The van der Waals surface area contributed by atoms with Crippen LogP contribution in [0, 0.1) is 5.82 Å². The predicted octanol–water partition coefficient (Wildman–Crippen LogP) is 4.02. The number of para-hydroxylation sites is 1. The van der Waals surface area contributed by atoms with E-state index in [1.165, 1.54) is 23.5 Å². The number of benzene rings is 2. The van der Waals surface area contributed by atoms with Gasteiger partial charge in [0.25, 0.3) is 11.8 Å². The average Bonchev–Trinajstić information content (AvgIpc) is 3.31. The normalized spacial score (nSPS) is 14.3. The largest absolute Gasteiger partial charge is 0.378 e. The van der Waals surface area contributed by atoms with E-state index in [1.54, 1.807) is 12.1 Å². The number of carbonyl (C=O) groups excluding carboxylic acids is 2. The summed E-state index contributed by atoms with van der Waals surface area (Å²) in [6.45, 7) is 1.23. The quantitative estimate of drug-likeness (QED) is 0.631. The van der Waals surface area contributed by atoms with Gasteiger partial charge in [-0.1, -0.05) is 29.5 Å². The van der Waals surface area contributed by atoms with E-state index < -0.39 is 11.7 Å². The number of likely N-dealkylation sites (tertiary alicyclic amines) is 1. The van der Waals surface area contributed by atoms with Crippen molar-refractivity contribution in [3.8, 4) is 0 Å². The Morgan fingerprint density at radius 1 is 1.09 bits per heavy atom. The standard InChI is InChI=1S/C23H24FN5O2S/c1-28(2)17-7-5-6-16(14-17)23(31)29-12-10-15(11-13-29)21-26-27-22(32-21)20(30)25-19-9-4-3-8-18(19)24/h3-9,14-15H,10-13H2,1-2H3,(H,25,30). The lowest BCUT2D eigenvalue weighted by Crippen LogP contribution is -2.38. The minimum atomic E-state index is -0.501. The molecule has 7 nitrogen and oxygen atoms in total. The maximum atomic E-state index is 13.8. The van der Waals surface area contributed by atoms with Crippen molar-refractivity contribution in [2.45, 2.75) is 18.8 Å². The number of amides is 2. The summed E-state index contributed by atoms with van der Waals surface area (Å²) in [7, 11) is 3.89. The van der Waals surface area contributed by atoms with Gasteiger partial charge in [-0.3, -0.25) is 9.59 Å². The fraction of sp³-hybridized carbons (Fsp3) is 0.304. The van der Waals surface area contributed by atoms with E-state index in [1.807, 2.05) is 48.2 Å². The van der Waals surface area contributed by atoms with Crippen LogP contribution in [-0.4, -0.2) is 54.1 Å². The second-order valence-corrected chi connectivity index (χ2v) is 8.90. The maximum Gasteiger partial charge on any atom is 0.286 e. The lowest BCUT2D eigenvalue weighted by Gasteiger charge is -2.31. The van der Waals surface area contributed by atoms with Crippen LogP contribution < -0.4 is 10.2 Å². The van der Waals surface area contributed by atoms with Crippen LogP contribution in [0.3, 0.4) is 0 Å². The molecule has 2 heterocycles. The number of rotatable bonds is 5. The molecule has 0 saturated carbocycles. The molecule has 0 radical (unpaired) electrons. The summed E-state index contributed by atoms with van der Waals surface area (Å²) in [6, 6.07) is 13.6. The summed E-state index contributed by atoms with van der Waals surface area (Å²) in [5.41, 5.74) is 1.78. The zero-order chi connectivity index (χ0) is 22.7. The molecule has 1 aliphatic heterocycles. The van der Waals surface area contributed by atoms with Gasteiger partial charge in [0.2, 0.25) is 5.01 Å². The monoisotopic (exact) mass is 453 g/mol.